The maximum absolute atomic E-state index is 11.8. The van der Waals surface area contributed by atoms with Gasteiger partial charge in [0.1, 0.15) is 0 Å². The van der Waals surface area contributed by atoms with Crippen LogP contribution in [0, 0.1) is 5.92 Å². The first-order chi connectivity index (χ1) is 10.8. The number of likely N-dealkylation sites (tertiary alicyclic amines) is 1. The molecular formula is C16H24N2O5. The van der Waals surface area contributed by atoms with Crippen LogP contribution in [-0.2, 0) is 11.3 Å². The van der Waals surface area contributed by atoms with Gasteiger partial charge in [0.05, 0.1) is 12.3 Å². The third-order valence-electron chi connectivity index (χ3n) is 4.28. The van der Waals surface area contributed by atoms with Crippen LogP contribution in [0.4, 0.5) is 0 Å². The number of hydrogen-bond donors (Lipinski definition) is 3. The molecule has 1 aromatic heterocycles. The standard InChI is InChI=1S/C16H24N2O5/c1-10-4-3-5-17(7-10)8-12-6-13(20)14(21)9-18(12)15(11(2)19)16(22)23/h6,9-11,15,19,21H,3-5,7-8H2,1-2H3,(H,22,23). The summed E-state index contributed by atoms with van der Waals surface area (Å²) in [6, 6.07) is 0.00568. The molecule has 23 heavy (non-hydrogen) atoms. The lowest BCUT2D eigenvalue weighted by Gasteiger charge is -2.32. The second-order valence-electron chi connectivity index (χ2n) is 6.43. The van der Waals surface area contributed by atoms with E-state index in [9.17, 15) is 24.9 Å². The SMILES string of the molecule is CC1CCCN(Cc2cc(=O)c(O)cn2C(C(=O)O)C(C)O)C1. The Morgan fingerprint density at radius 1 is 1.48 bits per heavy atom. The number of aliphatic hydroxyl groups excluding tert-OH is 1. The highest BCUT2D eigenvalue weighted by molar-refractivity contribution is 5.72. The molecule has 0 radical (unpaired) electrons. The van der Waals surface area contributed by atoms with Gasteiger partial charge in [0.25, 0.3) is 0 Å². The van der Waals surface area contributed by atoms with Crippen molar-refractivity contribution >= 4 is 5.97 Å². The second-order valence-corrected chi connectivity index (χ2v) is 6.43. The molecule has 3 N–H and O–H groups in total. The van der Waals surface area contributed by atoms with Gasteiger partial charge in [-0.25, -0.2) is 4.79 Å². The van der Waals surface area contributed by atoms with Gasteiger partial charge in [-0.15, -0.1) is 0 Å². The van der Waals surface area contributed by atoms with Gasteiger partial charge in [-0.3, -0.25) is 9.69 Å². The van der Waals surface area contributed by atoms with Crippen LogP contribution in [0.15, 0.2) is 17.1 Å². The van der Waals surface area contributed by atoms with Gasteiger partial charge in [0, 0.05) is 24.8 Å². The Labute approximate surface area is 134 Å². The Morgan fingerprint density at radius 3 is 2.74 bits per heavy atom. The van der Waals surface area contributed by atoms with E-state index in [1.807, 2.05) is 0 Å². The summed E-state index contributed by atoms with van der Waals surface area (Å²) >= 11 is 0. The monoisotopic (exact) mass is 324 g/mol. The van der Waals surface area contributed by atoms with Gasteiger partial charge in [-0.2, -0.15) is 0 Å². The molecule has 1 aromatic rings. The molecule has 7 nitrogen and oxygen atoms in total. The van der Waals surface area contributed by atoms with Crippen LogP contribution in [0.25, 0.3) is 0 Å². The first-order valence-electron chi connectivity index (χ1n) is 7.87. The van der Waals surface area contributed by atoms with E-state index in [1.165, 1.54) is 17.6 Å². The predicted octanol–water partition coefficient (Wildman–Crippen LogP) is 0.792. The third-order valence-corrected chi connectivity index (χ3v) is 4.28. The van der Waals surface area contributed by atoms with Gasteiger partial charge in [0.2, 0.25) is 5.43 Å². The molecule has 0 aromatic carbocycles. The van der Waals surface area contributed by atoms with Gasteiger partial charge in [-0.05, 0) is 32.2 Å². The maximum Gasteiger partial charge on any atom is 0.329 e. The first-order valence-corrected chi connectivity index (χ1v) is 7.87. The van der Waals surface area contributed by atoms with Crippen molar-refractivity contribution in [2.45, 2.75) is 45.4 Å². The van der Waals surface area contributed by atoms with Crippen LogP contribution in [0.5, 0.6) is 5.75 Å². The number of aliphatic hydroxyl groups is 1. The average molecular weight is 324 g/mol. The highest BCUT2D eigenvalue weighted by atomic mass is 16.4. The number of carbonyl (C=O) groups is 1. The molecule has 2 rings (SSSR count). The minimum atomic E-state index is -1.25. The molecule has 1 aliphatic rings. The summed E-state index contributed by atoms with van der Waals surface area (Å²) in [6.07, 6.45) is 2.16. The zero-order valence-electron chi connectivity index (χ0n) is 13.5. The van der Waals surface area contributed by atoms with Crippen LogP contribution in [0.2, 0.25) is 0 Å². The first kappa shape index (κ1) is 17.5. The molecule has 7 heteroatoms. The molecular weight excluding hydrogens is 300 g/mol. The highest BCUT2D eigenvalue weighted by Crippen LogP contribution is 2.21. The van der Waals surface area contributed by atoms with Crippen molar-refractivity contribution < 1.29 is 20.1 Å². The lowest BCUT2D eigenvalue weighted by atomic mass is 10.00. The number of piperidine rings is 1. The Bertz CT molecular complexity index is 625. The summed E-state index contributed by atoms with van der Waals surface area (Å²) in [5.74, 6) is -1.18. The van der Waals surface area contributed by atoms with Crippen LogP contribution in [0.1, 0.15) is 38.4 Å². The molecule has 128 valence electrons. The average Bonchev–Trinajstić information content (AvgIpc) is 2.43. The molecule has 2 heterocycles. The number of aliphatic carboxylic acids is 1. The number of aromatic nitrogens is 1. The van der Waals surface area contributed by atoms with E-state index >= 15 is 0 Å². The topological polar surface area (TPSA) is 103 Å². The number of hydrogen-bond acceptors (Lipinski definition) is 5. The minimum absolute atomic E-state index is 0.413. The van der Waals surface area contributed by atoms with E-state index in [0.717, 1.165) is 32.1 Å². The summed E-state index contributed by atoms with van der Waals surface area (Å²) < 4.78 is 1.29. The summed E-state index contributed by atoms with van der Waals surface area (Å²) in [5.41, 5.74) is -0.0637. The summed E-state index contributed by atoms with van der Waals surface area (Å²) in [6.45, 7) is 5.70. The molecule has 1 aliphatic heterocycles. The quantitative estimate of drug-likeness (QED) is 0.740. The molecule has 0 amide bonds. The molecule has 1 saturated heterocycles. The third kappa shape index (κ3) is 4.11. The molecule has 3 atom stereocenters. The van der Waals surface area contributed by atoms with Crippen molar-refractivity contribution in [1.29, 1.82) is 0 Å². The smallest absolute Gasteiger partial charge is 0.329 e. The Hall–Kier alpha value is -1.86. The van der Waals surface area contributed by atoms with E-state index < -0.39 is 29.3 Å². The lowest BCUT2D eigenvalue weighted by molar-refractivity contribution is -0.144. The number of carboxylic acid groups (broad SMARTS) is 1. The zero-order chi connectivity index (χ0) is 17.1. The highest BCUT2D eigenvalue weighted by Gasteiger charge is 2.28. The van der Waals surface area contributed by atoms with Crippen LogP contribution >= 0.6 is 0 Å². The number of pyridine rings is 1. The Morgan fingerprint density at radius 2 is 2.17 bits per heavy atom. The van der Waals surface area contributed by atoms with Crippen molar-refractivity contribution in [1.82, 2.24) is 9.47 Å². The number of nitrogens with zero attached hydrogens (tertiary/aromatic N) is 2. The lowest BCUT2D eigenvalue weighted by Crippen LogP contribution is -2.37. The van der Waals surface area contributed by atoms with Crippen LogP contribution in [-0.4, -0.2) is 49.9 Å². The number of carboxylic acids is 1. The Balaban J connectivity index is 2.38. The fourth-order valence-electron chi connectivity index (χ4n) is 3.18. The van der Waals surface area contributed by atoms with Crippen molar-refractivity contribution in [3.05, 3.63) is 28.2 Å². The van der Waals surface area contributed by atoms with E-state index in [1.54, 1.807) is 0 Å². The fourth-order valence-corrected chi connectivity index (χ4v) is 3.18. The Kier molecular flexibility index (Phi) is 5.43. The summed E-state index contributed by atoms with van der Waals surface area (Å²) in [4.78, 5) is 25.4. The number of aromatic hydroxyl groups is 1. The van der Waals surface area contributed by atoms with Gasteiger partial charge in [0.15, 0.2) is 11.8 Å². The van der Waals surface area contributed by atoms with Gasteiger partial charge in [-0.1, -0.05) is 6.92 Å². The minimum Gasteiger partial charge on any atom is -0.503 e. The van der Waals surface area contributed by atoms with Crippen LogP contribution < -0.4 is 5.43 Å². The van der Waals surface area contributed by atoms with Gasteiger partial charge >= 0.3 is 5.97 Å². The number of rotatable bonds is 5. The van der Waals surface area contributed by atoms with Crippen molar-refractivity contribution in [3.63, 3.8) is 0 Å². The van der Waals surface area contributed by atoms with Crippen molar-refractivity contribution in [3.8, 4) is 5.75 Å². The van der Waals surface area contributed by atoms with Gasteiger partial charge < -0.3 is 19.9 Å². The molecule has 0 bridgehead atoms. The van der Waals surface area contributed by atoms with Crippen LogP contribution in [0.3, 0.4) is 0 Å². The second kappa shape index (κ2) is 7.14. The molecule has 0 spiro atoms. The molecule has 3 unspecified atom stereocenters. The zero-order valence-corrected chi connectivity index (χ0v) is 13.5. The largest absolute Gasteiger partial charge is 0.503 e. The summed E-state index contributed by atoms with van der Waals surface area (Å²) in [5, 5.41) is 28.8. The molecule has 0 saturated carbocycles. The molecule has 0 aliphatic carbocycles. The fraction of sp³-hybridized carbons (Fsp3) is 0.625. The molecule has 1 fully saturated rings. The predicted molar refractivity (Wildman–Crippen MR) is 84.4 cm³/mol. The van der Waals surface area contributed by atoms with E-state index in [-0.39, 0.29) is 0 Å². The summed E-state index contributed by atoms with van der Waals surface area (Å²) in [7, 11) is 0. The van der Waals surface area contributed by atoms with E-state index in [0.29, 0.717) is 18.2 Å². The van der Waals surface area contributed by atoms with Crippen molar-refractivity contribution in [2.24, 2.45) is 5.92 Å². The maximum atomic E-state index is 11.8. The van der Waals surface area contributed by atoms with E-state index in [2.05, 4.69) is 11.8 Å². The van der Waals surface area contributed by atoms with E-state index in [4.69, 9.17) is 0 Å². The van der Waals surface area contributed by atoms with Crippen molar-refractivity contribution in [2.75, 3.05) is 13.1 Å². The normalized spacial score (nSPS) is 21.8.